The number of hydrogen-bond donors (Lipinski definition) is 2. The summed E-state index contributed by atoms with van der Waals surface area (Å²) in [5, 5.41) is 12.2. The molecule has 1 unspecified atom stereocenters. The van der Waals surface area contributed by atoms with Gasteiger partial charge in [0.1, 0.15) is 0 Å². The summed E-state index contributed by atoms with van der Waals surface area (Å²) >= 11 is 0. The highest BCUT2D eigenvalue weighted by Crippen LogP contribution is 2.37. The number of alkyl halides is 3. The minimum atomic E-state index is -4.42. The molecule has 0 aliphatic carbocycles. The normalized spacial score (nSPS) is 13.6. The first-order valence-corrected chi connectivity index (χ1v) is 6.94. The molecular formula is C15H23F3N2O. The molecule has 6 heteroatoms. The van der Waals surface area contributed by atoms with Gasteiger partial charge in [0.15, 0.2) is 0 Å². The lowest BCUT2D eigenvalue weighted by molar-refractivity contribution is -0.137. The number of nitrogens with one attached hydrogen (secondary N) is 1. The summed E-state index contributed by atoms with van der Waals surface area (Å²) in [6, 6.07) is 4.14. The molecule has 0 aromatic heterocycles. The van der Waals surface area contributed by atoms with Gasteiger partial charge in [0.25, 0.3) is 0 Å². The molecule has 1 aromatic carbocycles. The first-order chi connectivity index (χ1) is 9.66. The zero-order valence-electron chi connectivity index (χ0n) is 12.8. The van der Waals surface area contributed by atoms with Crippen LogP contribution in [-0.2, 0) is 12.7 Å². The van der Waals surface area contributed by atoms with Crippen LogP contribution in [-0.4, -0.2) is 30.8 Å². The number of nitrogens with zero attached hydrogens (tertiary/aromatic N) is 1. The van der Waals surface area contributed by atoms with E-state index >= 15 is 0 Å². The number of aliphatic hydroxyl groups is 1. The number of aliphatic hydroxyl groups excluding tert-OH is 1. The van der Waals surface area contributed by atoms with Crippen molar-refractivity contribution < 1.29 is 18.3 Å². The van der Waals surface area contributed by atoms with Crippen molar-refractivity contribution in [1.82, 2.24) is 5.32 Å². The van der Waals surface area contributed by atoms with Crippen molar-refractivity contribution in [2.75, 3.05) is 18.6 Å². The van der Waals surface area contributed by atoms with Crippen molar-refractivity contribution in [2.24, 2.45) is 0 Å². The molecule has 0 radical (unpaired) electrons. The maximum absolute atomic E-state index is 13.2. The van der Waals surface area contributed by atoms with Gasteiger partial charge in [-0.05, 0) is 24.6 Å². The molecule has 0 fully saturated rings. The Morgan fingerprint density at radius 2 is 1.86 bits per heavy atom. The Balaban J connectivity index is 3.14. The van der Waals surface area contributed by atoms with Gasteiger partial charge in [0.2, 0.25) is 0 Å². The summed E-state index contributed by atoms with van der Waals surface area (Å²) in [6.45, 7) is 5.74. The number of likely N-dealkylation sites (N-methyl/N-ethyl adjacent to an activating group) is 1. The minimum absolute atomic E-state index is 0.0809. The fourth-order valence-corrected chi connectivity index (χ4v) is 1.91. The van der Waals surface area contributed by atoms with E-state index in [1.807, 2.05) is 13.8 Å². The average Bonchev–Trinajstić information content (AvgIpc) is 2.42. The third kappa shape index (κ3) is 4.89. The van der Waals surface area contributed by atoms with E-state index in [-0.39, 0.29) is 24.4 Å². The van der Waals surface area contributed by atoms with Gasteiger partial charge in [-0.3, -0.25) is 0 Å². The summed E-state index contributed by atoms with van der Waals surface area (Å²) in [6.07, 6.45) is -4.42. The van der Waals surface area contributed by atoms with E-state index in [4.69, 9.17) is 5.11 Å². The van der Waals surface area contributed by atoms with Crippen LogP contribution in [0.4, 0.5) is 18.9 Å². The van der Waals surface area contributed by atoms with E-state index in [1.54, 1.807) is 20.0 Å². The second-order valence-corrected chi connectivity index (χ2v) is 5.53. The maximum Gasteiger partial charge on any atom is 0.418 e. The minimum Gasteiger partial charge on any atom is -0.394 e. The zero-order chi connectivity index (χ0) is 16.2. The smallest absolute Gasteiger partial charge is 0.394 e. The molecule has 0 heterocycles. The zero-order valence-corrected chi connectivity index (χ0v) is 12.8. The van der Waals surface area contributed by atoms with Crippen LogP contribution in [0.25, 0.3) is 0 Å². The Hall–Kier alpha value is -1.27. The molecule has 3 nitrogen and oxygen atoms in total. The van der Waals surface area contributed by atoms with Crippen molar-refractivity contribution in [3.8, 4) is 0 Å². The highest BCUT2D eigenvalue weighted by Gasteiger charge is 2.35. The quantitative estimate of drug-likeness (QED) is 0.848. The van der Waals surface area contributed by atoms with Crippen molar-refractivity contribution in [3.63, 3.8) is 0 Å². The van der Waals surface area contributed by atoms with Gasteiger partial charge in [0.05, 0.1) is 12.2 Å². The summed E-state index contributed by atoms with van der Waals surface area (Å²) in [7, 11) is 1.55. The molecule has 0 bridgehead atoms. The largest absolute Gasteiger partial charge is 0.418 e. The van der Waals surface area contributed by atoms with Crippen molar-refractivity contribution >= 4 is 5.69 Å². The van der Waals surface area contributed by atoms with E-state index in [2.05, 4.69) is 5.32 Å². The van der Waals surface area contributed by atoms with Crippen LogP contribution in [0.2, 0.25) is 0 Å². The molecule has 0 saturated carbocycles. The first kappa shape index (κ1) is 17.8. The highest BCUT2D eigenvalue weighted by molar-refractivity contribution is 5.56. The van der Waals surface area contributed by atoms with Crippen LogP contribution in [0, 0.1) is 0 Å². The fraction of sp³-hybridized carbons (Fsp3) is 0.600. The fourth-order valence-electron chi connectivity index (χ4n) is 1.91. The van der Waals surface area contributed by atoms with Crippen LogP contribution in [0.15, 0.2) is 18.2 Å². The summed E-state index contributed by atoms with van der Waals surface area (Å²) < 4.78 is 39.7. The second-order valence-electron chi connectivity index (χ2n) is 5.53. The van der Waals surface area contributed by atoms with Gasteiger partial charge in [-0.15, -0.1) is 0 Å². The summed E-state index contributed by atoms with van der Waals surface area (Å²) in [4.78, 5) is 1.45. The number of hydrogen-bond acceptors (Lipinski definition) is 3. The predicted octanol–water partition coefficient (Wildman–Crippen LogP) is 3.02. The SMILES string of the molecule is CC(C)NCc1ccc(N(C)C(C)CO)c(C(F)(F)F)c1. The molecule has 120 valence electrons. The van der Waals surface area contributed by atoms with Crippen LogP contribution in [0.1, 0.15) is 31.9 Å². The highest BCUT2D eigenvalue weighted by atomic mass is 19.4. The Morgan fingerprint density at radius 1 is 1.24 bits per heavy atom. The van der Waals surface area contributed by atoms with Crippen LogP contribution >= 0.6 is 0 Å². The van der Waals surface area contributed by atoms with E-state index in [0.29, 0.717) is 12.1 Å². The summed E-state index contributed by atoms with van der Waals surface area (Å²) in [5.41, 5.74) is -0.00414. The monoisotopic (exact) mass is 304 g/mol. The molecule has 0 amide bonds. The number of benzene rings is 1. The standard InChI is InChI=1S/C15H23F3N2O/c1-10(2)19-8-12-5-6-14(20(4)11(3)9-21)13(7-12)15(16,17)18/h5-7,10-11,19,21H,8-9H2,1-4H3. The Kier molecular flexibility index (Phi) is 6.04. The Morgan fingerprint density at radius 3 is 2.33 bits per heavy atom. The lowest BCUT2D eigenvalue weighted by Gasteiger charge is -2.28. The molecule has 1 aromatic rings. The van der Waals surface area contributed by atoms with Gasteiger partial charge in [-0.1, -0.05) is 19.9 Å². The van der Waals surface area contributed by atoms with E-state index in [0.717, 1.165) is 0 Å². The second kappa shape index (κ2) is 7.13. The van der Waals surface area contributed by atoms with Crippen LogP contribution < -0.4 is 10.2 Å². The Bertz CT molecular complexity index is 461. The van der Waals surface area contributed by atoms with Crippen molar-refractivity contribution in [1.29, 1.82) is 0 Å². The van der Waals surface area contributed by atoms with Crippen molar-refractivity contribution in [3.05, 3.63) is 29.3 Å². The molecule has 0 aliphatic rings. The number of halogens is 3. The van der Waals surface area contributed by atoms with Gasteiger partial charge in [0, 0.05) is 31.4 Å². The Labute approximate surface area is 123 Å². The molecule has 2 N–H and O–H groups in total. The maximum atomic E-state index is 13.2. The van der Waals surface area contributed by atoms with E-state index in [9.17, 15) is 13.2 Å². The molecule has 1 atom stereocenters. The van der Waals surface area contributed by atoms with Gasteiger partial charge in [-0.2, -0.15) is 13.2 Å². The molecule has 21 heavy (non-hydrogen) atoms. The van der Waals surface area contributed by atoms with Gasteiger partial charge in [-0.25, -0.2) is 0 Å². The molecule has 0 aliphatic heterocycles. The topological polar surface area (TPSA) is 35.5 Å². The molecular weight excluding hydrogens is 281 g/mol. The summed E-state index contributed by atoms with van der Waals surface area (Å²) in [5.74, 6) is 0. The third-order valence-electron chi connectivity index (χ3n) is 3.39. The number of rotatable bonds is 6. The van der Waals surface area contributed by atoms with Crippen LogP contribution in [0.3, 0.4) is 0 Å². The molecule has 0 saturated heterocycles. The van der Waals surface area contributed by atoms with Gasteiger partial charge >= 0.3 is 6.18 Å². The van der Waals surface area contributed by atoms with Crippen LogP contribution in [0.5, 0.6) is 0 Å². The third-order valence-corrected chi connectivity index (χ3v) is 3.39. The number of anilines is 1. The van der Waals surface area contributed by atoms with E-state index < -0.39 is 11.7 Å². The lowest BCUT2D eigenvalue weighted by atomic mass is 10.1. The molecule has 1 rings (SSSR count). The van der Waals surface area contributed by atoms with Crippen molar-refractivity contribution in [2.45, 2.75) is 45.6 Å². The predicted molar refractivity (Wildman–Crippen MR) is 78.4 cm³/mol. The van der Waals surface area contributed by atoms with E-state index in [1.165, 1.54) is 17.0 Å². The average molecular weight is 304 g/mol. The molecule has 0 spiro atoms. The van der Waals surface area contributed by atoms with Gasteiger partial charge < -0.3 is 15.3 Å². The lowest BCUT2D eigenvalue weighted by Crippen LogP contribution is -2.33. The first-order valence-electron chi connectivity index (χ1n) is 6.94.